The molecule has 25 heavy (non-hydrogen) atoms. The summed E-state index contributed by atoms with van der Waals surface area (Å²) >= 11 is 0. The molecule has 1 aliphatic carbocycles. The molecule has 5 heteroatoms. The molecule has 0 unspecified atom stereocenters. The lowest BCUT2D eigenvalue weighted by Gasteiger charge is -2.08. The molecule has 2 aromatic carbocycles. The van der Waals surface area contributed by atoms with Gasteiger partial charge in [0.2, 0.25) is 0 Å². The summed E-state index contributed by atoms with van der Waals surface area (Å²) in [6, 6.07) is 16.1. The number of pyridine rings is 1. The van der Waals surface area contributed by atoms with Crippen LogP contribution in [0.5, 0.6) is 5.75 Å². The Morgan fingerprint density at radius 3 is 2.68 bits per heavy atom. The largest absolute Gasteiger partial charge is 0.508 e. The molecule has 3 aromatic rings. The van der Waals surface area contributed by atoms with Crippen molar-refractivity contribution in [1.29, 1.82) is 0 Å². The Hall–Kier alpha value is -3.21. The van der Waals surface area contributed by atoms with Gasteiger partial charge in [-0.1, -0.05) is 18.2 Å². The number of carbonyl (C=O) groups excluding carboxylic acids is 1. The summed E-state index contributed by atoms with van der Waals surface area (Å²) in [5, 5.41) is 14.1. The molecule has 1 aromatic heterocycles. The highest BCUT2D eigenvalue weighted by Gasteiger charge is 2.26. The Morgan fingerprint density at radius 2 is 1.92 bits per heavy atom. The summed E-state index contributed by atoms with van der Waals surface area (Å²) in [6.45, 7) is 0. The van der Waals surface area contributed by atoms with Crippen LogP contribution in [0, 0.1) is 0 Å². The van der Waals surface area contributed by atoms with Gasteiger partial charge in [0, 0.05) is 17.0 Å². The van der Waals surface area contributed by atoms with E-state index in [9.17, 15) is 9.90 Å². The number of rotatable bonds is 4. The van der Waals surface area contributed by atoms with Crippen LogP contribution in [0.25, 0.3) is 10.9 Å². The zero-order valence-corrected chi connectivity index (χ0v) is 13.5. The lowest BCUT2D eigenvalue weighted by Crippen LogP contribution is -2.18. The van der Waals surface area contributed by atoms with Gasteiger partial charge < -0.3 is 5.11 Å². The van der Waals surface area contributed by atoms with E-state index in [4.69, 9.17) is 0 Å². The molecule has 1 heterocycles. The summed E-state index contributed by atoms with van der Waals surface area (Å²) in [5.74, 6) is 0.407. The van der Waals surface area contributed by atoms with Gasteiger partial charge >= 0.3 is 0 Å². The van der Waals surface area contributed by atoms with E-state index in [0.717, 1.165) is 35.0 Å². The van der Waals surface area contributed by atoms with E-state index in [1.54, 1.807) is 30.5 Å². The van der Waals surface area contributed by atoms with Gasteiger partial charge in [0.15, 0.2) is 0 Å². The average molecular weight is 331 g/mol. The Kier molecular flexibility index (Phi) is 3.90. The number of hydrogen-bond donors (Lipinski definition) is 2. The number of nitrogens with zero attached hydrogens (tertiary/aromatic N) is 2. The maximum absolute atomic E-state index is 12.6. The molecule has 0 atom stereocenters. The van der Waals surface area contributed by atoms with Gasteiger partial charge in [-0.05, 0) is 54.8 Å². The van der Waals surface area contributed by atoms with E-state index in [1.807, 2.05) is 30.3 Å². The van der Waals surface area contributed by atoms with Crippen LogP contribution in [0.2, 0.25) is 0 Å². The van der Waals surface area contributed by atoms with Crippen molar-refractivity contribution in [3.63, 3.8) is 0 Å². The second-order valence-electron chi connectivity index (χ2n) is 6.18. The van der Waals surface area contributed by atoms with Crippen LogP contribution >= 0.6 is 0 Å². The number of hydrazone groups is 1. The lowest BCUT2D eigenvalue weighted by molar-refractivity contribution is 0.0956. The predicted molar refractivity (Wildman–Crippen MR) is 96.9 cm³/mol. The van der Waals surface area contributed by atoms with Crippen LogP contribution < -0.4 is 5.43 Å². The lowest BCUT2D eigenvalue weighted by atomic mass is 10.1. The molecule has 2 N–H and O–H groups in total. The first kappa shape index (κ1) is 15.3. The van der Waals surface area contributed by atoms with E-state index < -0.39 is 0 Å². The average Bonchev–Trinajstić information content (AvgIpc) is 3.47. The van der Waals surface area contributed by atoms with Crippen LogP contribution in [-0.2, 0) is 0 Å². The monoisotopic (exact) mass is 331 g/mol. The molecule has 1 saturated carbocycles. The molecule has 124 valence electrons. The number of carbonyl (C=O) groups is 1. The van der Waals surface area contributed by atoms with Crippen molar-refractivity contribution >= 4 is 23.0 Å². The van der Waals surface area contributed by atoms with Gasteiger partial charge in [-0.15, -0.1) is 0 Å². The number of nitrogens with one attached hydrogen (secondary N) is 1. The molecule has 1 amide bonds. The van der Waals surface area contributed by atoms with Crippen molar-refractivity contribution in [3.8, 4) is 5.75 Å². The topological polar surface area (TPSA) is 74.6 Å². The molecule has 0 aliphatic heterocycles. The molecule has 1 aliphatic rings. The minimum absolute atomic E-state index is 0.192. The molecule has 0 saturated heterocycles. The molecule has 0 bridgehead atoms. The summed E-state index contributed by atoms with van der Waals surface area (Å²) < 4.78 is 0. The number of hydrogen-bond acceptors (Lipinski definition) is 4. The molecule has 0 radical (unpaired) electrons. The Balaban J connectivity index is 1.59. The van der Waals surface area contributed by atoms with Crippen molar-refractivity contribution < 1.29 is 9.90 Å². The van der Waals surface area contributed by atoms with Crippen molar-refractivity contribution in [2.24, 2.45) is 5.10 Å². The highest BCUT2D eigenvalue weighted by atomic mass is 16.3. The number of amides is 1. The van der Waals surface area contributed by atoms with Crippen LogP contribution in [0.3, 0.4) is 0 Å². The van der Waals surface area contributed by atoms with Crippen LogP contribution in [0.4, 0.5) is 0 Å². The maximum Gasteiger partial charge on any atom is 0.272 e. The number of phenolic OH excluding ortho intramolecular Hbond substituents is 1. The number of para-hydroxylation sites is 1. The Bertz CT molecular complexity index is 960. The summed E-state index contributed by atoms with van der Waals surface area (Å²) in [4.78, 5) is 17.3. The zero-order valence-electron chi connectivity index (χ0n) is 13.5. The molecular formula is C20H17N3O2. The van der Waals surface area contributed by atoms with Gasteiger partial charge in [-0.2, -0.15) is 5.10 Å². The fourth-order valence-electron chi connectivity index (χ4n) is 2.76. The SMILES string of the molecule is O=C(NN=Cc1ccc(O)cc1)c1cc(C2CC2)nc2ccccc12. The van der Waals surface area contributed by atoms with Crippen molar-refractivity contribution in [2.75, 3.05) is 0 Å². The minimum atomic E-state index is -0.254. The first-order valence-electron chi connectivity index (χ1n) is 8.23. The summed E-state index contributed by atoms with van der Waals surface area (Å²) in [7, 11) is 0. The predicted octanol–water partition coefficient (Wildman–Crippen LogP) is 3.58. The first-order valence-corrected chi connectivity index (χ1v) is 8.23. The number of benzene rings is 2. The number of fused-ring (bicyclic) bond motifs is 1. The number of aromatic hydroxyl groups is 1. The summed E-state index contributed by atoms with van der Waals surface area (Å²) in [6.07, 6.45) is 3.80. The molecule has 1 fully saturated rings. The van der Waals surface area contributed by atoms with E-state index in [-0.39, 0.29) is 11.7 Å². The van der Waals surface area contributed by atoms with Gasteiger partial charge in [0.1, 0.15) is 5.75 Å². The highest BCUT2D eigenvalue weighted by Crippen LogP contribution is 2.40. The smallest absolute Gasteiger partial charge is 0.272 e. The van der Waals surface area contributed by atoms with E-state index in [0.29, 0.717) is 11.5 Å². The van der Waals surface area contributed by atoms with Crippen LogP contribution in [0.1, 0.15) is 40.4 Å². The van der Waals surface area contributed by atoms with Crippen molar-refractivity contribution in [3.05, 3.63) is 71.4 Å². The third-order valence-corrected chi connectivity index (χ3v) is 4.25. The fraction of sp³-hybridized carbons (Fsp3) is 0.150. The molecule has 0 spiro atoms. The molecular weight excluding hydrogens is 314 g/mol. The van der Waals surface area contributed by atoms with E-state index >= 15 is 0 Å². The highest BCUT2D eigenvalue weighted by molar-refractivity contribution is 6.06. The Labute approximate surface area is 145 Å². The van der Waals surface area contributed by atoms with Gasteiger partial charge in [0.05, 0.1) is 17.3 Å². The van der Waals surface area contributed by atoms with Gasteiger partial charge in [-0.3, -0.25) is 9.78 Å². The van der Waals surface area contributed by atoms with Gasteiger partial charge in [0.25, 0.3) is 5.91 Å². The first-order chi connectivity index (χ1) is 12.2. The number of aromatic nitrogens is 1. The quantitative estimate of drug-likeness (QED) is 0.567. The van der Waals surface area contributed by atoms with Crippen LogP contribution in [0.15, 0.2) is 59.7 Å². The standard InChI is InChI=1S/C20H17N3O2/c24-15-9-5-13(6-10-15)12-21-23-20(25)17-11-19(14-7-8-14)22-18-4-2-1-3-16(17)18/h1-6,9-12,14,24H,7-8H2,(H,23,25). The third-order valence-electron chi connectivity index (χ3n) is 4.25. The molecule has 5 nitrogen and oxygen atoms in total. The van der Waals surface area contributed by atoms with Crippen LogP contribution in [-0.4, -0.2) is 22.2 Å². The summed E-state index contributed by atoms with van der Waals surface area (Å²) in [5.41, 5.74) is 5.77. The van der Waals surface area contributed by atoms with E-state index in [2.05, 4.69) is 15.5 Å². The molecule has 4 rings (SSSR count). The number of phenols is 1. The minimum Gasteiger partial charge on any atom is -0.508 e. The third kappa shape index (κ3) is 3.35. The van der Waals surface area contributed by atoms with Crippen molar-refractivity contribution in [1.82, 2.24) is 10.4 Å². The van der Waals surface area contributed by atoms with Crippen molar-refractivity contribution in [2.45, 2.75) is 18.8 Å². The second-order valence-corrected chi connectivity index (χ2v) is 6.18. The second kappa shape index (κ2) is 6.36. The zero-order chi connectivity index (χ0) is 17.2. The van der Waals surface area contributed by atoms with E-state index in [1.165, 1.54) is 0 Å². The Morgan fingerprint density at radius 1 is 1.16 bits per heavy atom. The maximum atomic E-state index is 12.6. The normalized spacial score (nSPS) is 14.1. The van der Waals surface area contributed by atoms with Gasteiger partial charge in [-0.25, -0.2) is 5.43 Å². The fourth-order valence-corrected chi connectivity index (χ4v) is 2.76.